The molecule has 3 atom stereocenters. The van der Waals surface area contributed by atoms with Gasteiger partial charge in [-0.1, -0.05) is 0 Å². The van der Waals surface area contributed by atoms with Crippen LogP contribution in [0.15, 0.2) is 18.3 Å². The van der Waals surface area contributed by atoms with Crippen LogP contribution < -0.4 is 4.74 Å². The minimum Gasteiger partial charge on any atom is -0.506 e. The summed E-state index contributed by atoms with van der Waals surface area (Å²) < 4.78 is 5.71. The molecule has 2 saturated carbocycles. The summed E-state index contributed by atoms with van der Waals surface area (Å²) in [4.78, 5) is 4.01. The summed E-state index contributed by atoms with van der Waals surface area (Å²) in [5, 5.41) is 9.05. The first kappa shape index (κ1) is 8.09. The molecule has 0 saturated heterocycles. The molecule has 1 heterocycles. The Hall–Kier alpha value is -1.25. The van der Waals surface area contributed by atoms with Crippen molar-refractivity contribution in [1.29, 1.82) is 0 Å². The molecule has 2 aliphatic carbocycles. The average molecular weight is 191 g/mol. The molecule has 0 radical (unpaired) electrons. The van der Waals surface area contributed by atoms with E-state index in [1.165, 1.54) is 25.5 Å². The Morgan fingerprint density at radius 1 is 1.21 bits per heavy atom. The second-order valence-corrected chi connectivity index (χ2v) is 4.32. The van der Waals surface area contributed by atoms with Crippen molar-refractivity contribution in [3.8, 4) is 11.6 Å². The van der Waals surface area contributed by atoms with Gasteiger partial charge in [0.15, 0.2) is 0 Å². The van der Waals surface area contributed by atoms with Gasteiger partial charge in [0.2, 0.25) is 5.88 Å². The molecule has 1 N–H and O–H groups in total. The van der Waals surface area contributed by atoms with Gasteiger partial charge in [0, 0.05) is 6.07 Å². The predicted molar refractivity (Wildman–Crippen MR) is 51.1 cm³/mol. The third-order valence-corrected chi connectivity index (χ3v) is 3.21. The van der Waals surface area contributed by atoms with Crippen molar-refractivity contribution >= 4 is 0 Å². The van der Waals surface area contributed by atoms with Gasteiger partial charge in [-0.05, 0) is 37.2 Å². The fourth-order valence-electron chi connectivity index (χ4n) is 2.37. The SMILES string of the molecule is Oc1ccc(OC2C[C@@H]3C[C@@H]3C2)nc1. The zero-order valence-corrected chi connectivity index (χ0v) is 7.89. The van der Waals surface area contributed by atoms with Gasteiger partial charge in [-0.2, -0.15) is 0 Å². The van der Waals surface area contributed by atoms with Crippen LogP contribution in [-0.2, 0) is 0 Å². The molecule has 1 aromatic heterocycles. The average Bonchev–Trinajstić information content (AvgIpc) is 2.79. The van der Waals surface area contributed by atoms with Gasteiger partial charge >= 0.3 is 0 Å². The van der Waals surface area contributed by atoms with Gasteiger partial charge in [0.05, 0.1) is 6.20 Å². The predicted octanol–water partition coefficient (Wildman–Crippen LogP) is 1.96. The Labute approximate surface area is 82.7 Å². The van der Waals surface area contributed by atoms with Crippen LogP contribution in [0.3, 0.4) is 0 Å². The number of nitrogens with zero attached hydrogens (tertiary/aromatic N) is 1. The van der Waals surface area contributed by atoms with Crippen molar-refractivity contribution in [1.82, 2.24) is 4.98 Å². The van der Waals surface area contributed by atoms with E-state index in [9.17, 15) is 0 Å². The first-order valence-electron chi connectivity index (χ1n) is 5.13. The number of hydrogen-bond donors (Lipinski definition) is 1. The maximum absolute atomic E-state index is 9.05. The molecule has 2 aliphatic rings. The monoisotopic (exact) mass is 191 g/mol. The van der Waals surface area contributed by atoms with E-state index in [1.54, 1.807) is 12.1 Å². The smallest absolute Gasteiger partial charge is 0.213 e. The van der Waals surface area contributed by atoms with Crippen LogP contribution in [0.1, 0.15) is 19.3 Å². The number of fused-ring (bicyclic) bond motifs is 1. The van der Waals surface area contributed by atoms with Crippen molar-refractivity contribution in [2.75, 3.05) is 0 Å². The first-order chi connectivity index (χ1) is 6.81. The zero-order chi connectivity index (χ0) is 9.54. The third-order valence-electron chi connectivity index (χ3n) is 3.21. The topological polar surface area (TPSA) is 42.4 Å². The number of pyridine rings is 1. The minimum atomic E-state index is 0.187. The van der Waals surface area contributed by atoms with Gasteiger partial charge in [-0.3, -0.25) is 0 Å². The van der Waals surface area contributed by atoms with E-state index in [0.29, 0.717) is 12.0 Å². The third kappa shape index (κ3) is 1.43. The Bertz CT molecular complexity index is 326. The molecule has 0 amide bonds. The molecule has 0 aliphatic heterocycles. The minimum absolute atomic E-state index is 0.187. The van der Waals surface area contributed by atoms with Crippen LogP contribution in [0.4, 0.5) is 0 Å². The fraction of sp³-hybridized carbons (Fsp3) is 0.545. The number of hydrogen-bond acceptors (Lipinski definition) is 3. The lowest BCUT2D eigenvalue weighted by molar-refractivity contribution is 0.186. The summed E-state index contributed by atoms with van der Waals surface area (Å²) in [5.74, 6) is 2.68. The lowest BCUT2D eigenvalue weighted by atomic mass is 10.2. The molecule has 3 heteroatoms. The van der Waals surface area contributed by atoms with Crippen LogP contribution in [0.5, 0.6) is 11.6 Å². The summed E-state index contributed by atoms with van der Waals surface area (Å²) in [7, 11) is 0. The van der Waals surface area contributed by atoms with Gasteiger partial charge in [-0.15, -0.1) is 0 Å². The molecule has 3 rings (SSSR count). The van der Waals surface area contributed by atoms with E-state index in [0.717, 1.165) is 11.8 Å². The quantitative estimate of drug-likeness (QED) is 0.777. The number of aromatic hydroxyl groups is 1. The summed E-state index contributed by atoms with van der Waals surface area (Å²) >= 11 is 0. The Morgan fingerprint density at radius 3 is 2.64 bits per heavy atom. The summed E-state index contributed by atoms with van der Waals surface area (Å²) in [6, 6.07) is 3.33. The lowest BCUT2D eigenvalue weighted by Gasteiger charge is -2.13. The van der Waals surface area contributed by atoms with E-state index < -0.39 is 0 Å². The summed E-state index contributed by atoms with van der Waals surface area (Å²) in [5.41, 5.74) is 0. The largest absolute Gasteiger partial charge is 0.506 e. The summed E-state index contributed by atoms with van der Waals surface area (Å²) in [6.45, 7) is 0. The molecule has 1 unspecified atom stereocenters. The lowest BCUT2D eigenvalue weighted by Crippen LogP contribution is -2.14. The Kier molecular flexibility index (Phi) is 1.66. The van der Waals surface area contributed by atoms with Gasteiger partial charge in [0.1, 0.15) is 11.9 Å². The van der Waals surface area contributed by atoms with Gasteiger partial charge in [0.25, 0.3) is 0 Å². The molecule has 0 bridgehead atoms. The number of rotatable bonds is 2. The second kappa shape index (κ2) is 2.87. The van der Waals surface area contributed by atoms with E-state index >= 15 is 0 Å². The highest BCUT2D eigenvalue weighted by Gasteiger charge is 2.46. The summed E-state index contributed by atoms with van der Waals surface area (Å²) in [6.07, 6.45) is 5.56. The molecule has 2 fully saturated rings. The van der Waals surface area contributed by atoms with Crippen molar-refractivity contribution in [3.05, 3.63) is 18.3 Å². The fourth-order valence-corrected chi connectivity index (χ4v) is 2.37. The number of aromatic nitrogens is 1. The van der Waals surface area contributed by atoms with Crippen LogP contribution in [-0.4, -0.2) is 16.2 Å². The highest BCUT2D eigenvalue weighted by molar-refractivity contribution is 5.21. The van der Waals surface area contributed by atoms with E-state index in [1.807, 2.05) is 0 Å². The molecular weight excluding hydrogens is 178 g/mol. The molecular formula is C11H13NO2. The highest BCUT2D eigenvalue weighted by Crippen LogP contribution is 2.52. The van der Waals surface area contributed by atoms with E-state index in [4.69, 9.17) is 9.84 Å². The van der Waals surface area contributed by atoms with Crippen LogP contribution in [0, 0.1) is 11.8 Å². The molecule has 0 aromatic carbocycles. The van der Waals surface area contributed by atoms with E-state index in [2.05, 4.69) is 4.98 Å². The molecule has 14 heavy (non-hydrogen) atoms. The van der Waals surface area contributed by atoms with Crippen molar-refractivity contribution < 1.29 is 9.84 Å². The zero-order valence-electron chi connectivity index (χ0n) is 7.89. The molecule has 1 aromatic rings. The molecule has 0 spiro atoms. The van der Waals surface area contributed by atoms with E-state index in [-0.39, 0.29) is 5.75 Å². The maximum Gasteiger partial charge on any atom is 0.213 e. The van der Waals surface area contributed by atoms with Gasteiger partial charge < -0.3 is 9.84 Å². The molecule has 74 valence electrons. The van der Waals surface area contributed by atoms with Crippen molar-refractivity contribution in [2.45, 2.75) is 25.4 Å². The van der Waals surface area contributed by atoms with Crippen LogP contribution in [0.2, 0.25) is 0 Å². The Balaban J connectivity index is 1.64. The normalized spacial score (nSPS) is 33.9. The van der Waals surface area contributed by atoms with Gasteiger partial charge in [-0.25, -0.2) is 4.98 Å². The highest BCUT2D eigenvalue weighted by atomic mass is 16.5. The van der Waals surface area contributed by atoms with Crippen LogP contribution >= 0.6 is 0 Å². The molecule has 3 nitrogen and oxygen atoms in total. The van der Waals surface area contributed by atoms with Crippen molar-refractivity contribution in [3.63, 3.8) is 0 Å². The van der Waals surface area contributed by atoms with Crippen LogP contribution in [0.25, 0.3) is 0 Å². The number of ether oxygens (including phenoxy) is 1. The second-order valence-electron chi connectivity index (χ2n) is 4.32. The van der Waals surface area contributed by atoms with Crippen molar-refractivity contribution in [2.24, 2.45) is 11.8 Å². The standard InChI is InChI=1S/C11H13NO2/c13-9-1-2-11(12-6-9)14-10-4-7-3-8(7)5-10/h1-2,6-8,10,13H,3-5H2/t7-,8+,10?. The Morgan fingerprint density at radius 2 is 2.00 bits per heavy atom. The first-order valence-corrected chi connectivity index (χ1v) is 5.13. The maximum atomic E-state index is 9.05.